The number of aromatic nitrogens is 1. The van der Waals surface area contributed by atoms with E-state index < -0.39 is 11.9 Å². The highest BCUT2D eigenvalue weighted by molar-refractivity contribution is 8.00. The summed E-state index contributed by atoms with van der Waals surface area (Å²) in [6, 6.07) is -0.703. The molecule has 3 amide bonds. The number of nitrogen functional groups attached to an aromatic ring is 1. The molecule has 33 heavy (non-hydrogen) atoms. The van der Waals surface area contributed by atoms with Crippen LogP contribution in [-0.2, 0) is 19.2 Å². The van der Waals surface area contributed by atoms with E-state index in [0.29, 0.717) is 24.0 Å². The van der Waals surface area contributed by atoms with Crippen LogP contribution in [0.1, 0.15) is 5.69 Å². The summed E-state index contributed by atoms with van der Waals surface area (Å²) in [5.41, 5.74) is 6.70. The second-order valence-electron chi connectivity index (χ2n) is 7.72. The number of carbonyl (C=O) groups is 3. The number of thiazole rings is 1. The number of rotatable bonds is 6. The number of hydrogen-bond donors (Lipinski definition) is 2. The predicted molar refractivity (Wildman–Crippen MR) is 124 cm³/mol. The number of amides is 3. The molecule has 3 aliphatic rings. The van der Waals surface area contributed by atoms with Crippen LogP contribution in [0.15, 0.2) is 22.3 Å². The summed E-state index contributed by atoms with van der Waals surface area (Å²) in [6.45, 7) is 3.04. The topological polar surface area (TPSA) is 143 Å². The molecule has 12 nitrogen and oxygen atoms in total. The molecule has 1 unspecified atom stereocenters. The molecule has 0 saturated carbocycles. The van der Waals surface area contributed by atoms with Crippen molar-refractivity contribution in [3.8, 4) is 0 Å². The molecule has 14 heteroatoms. The van der Waals surface area contributed by atoms with E-state index in [-0.39, 0.29) is 35.4 Å². The van der Waals surface area contributed by atoms with Gasteiger partial charge in [0, 0.05) is 43.5 Å². The van der Waals surface area contributed by atoms with Gasteiger partial charge in [0.25, 0.3) is 11.8 Å². The van der Waals surface area contributed by atoms with Crippen molar-refractivity contribution in [2.24, 2.45) is 5.16 Å². The molecule has 0 aliphatic carbocycles. The minimum absolute atomic E-state index is 0.0513. The number of piperazine rings is 1. The Morgan fingerprint density at radius 2 is 2.09 bits per heavy atom. The highest BCUT2D eigenvalue weighted by atomic mass is 32.2. The smallest absolute Gasteiger partial charge is 0.410 e. The number of ether oxygens (including phenoxy) is 1. The minimum atomic E-state index is -0.703. The van der Waals surface area contributed by atoms with Gasteiger partial charge in [0.2, 0.25) is 0 Å². The molecule has 4 rings (SSSR count). The lowest BCUT2D eigenvalue weighted by atomic mass is 10.1. The van der Waals surface area contributed by atoms with E-state index in [1.165, 1.54) is 30.2 Å². The molecule has 2 fully saturated rings. The normalized spacial score (nSPS) is 23.4. The van der Waals surface area contributed by atoms with E-state index in [1.54, 1.807) is 21.4 Å². The number of nitrogens with two attached hydrogens (primary N) is 1. The molecule has 4 heterocycles. The summed E-state index contributed by atoms with van der Waals surface area (Å²) in [4.78, 5) is 51.8. The van der Waals surface area contributed by atoms with E-state index in [0.717, 1.165) is 18.7 Å². The molecular weight excluding hydrogens is 470 g/mol. The van der Waals surface area contributed by atoms with Crippen molar-refractivity contribution < 1.29 is 24.0 Å². The number of oxime groups is 1. The van der Waals surface area contributed by atoms with Crippen LogP contribution in [-0.4, -0.2) is 107 Å². The molecule has 1 aromatic heterocycles. The molecule has 2 atom stereocenters. The average Bonchev–Trinajstić information content (AvgIpc) is 3.25. The van der Waals surface area contributed by atoms with Gasteiger partial charge in [0.05, 0.1) is 0 Å². The van der Waals surface area contributed by atoms with Gasteiger partial charge >= 0.3 is 6.09 Å². The zero-order valence-electron chi connectivity index (χ0n) is 18.2. The Kier molecular flexibility index (Phi) is 7.05. The van der Waals surface area contributed by atoms with E-state index in [1.807, 2.05) is 7.05 Å². The number of anilines is 1. The monoisotopic (exact) mass is 495 g/mol. The molecule has 0 bridgehead atoms. The van der Waals surface area contributed by atoms with Gasteiger partial charge in [0.15, 0.2) is 10.8 Å². The Labute approximate surface area is 198 Å². The van der Waals surface area contributed by atoms with E-state index in [2.05, 4.69) is 20.4 Å². The fourth-order valence-corrected chi connectivity index (χ4v) is 5.37. The van der Waals surface area contributed by atoms with Crippen LogP contribution in [0.4, 0.5) is 9.93 Å². The molecule has 2 saturated heterocycles. The number of β-lactam (4-membered cyclic amide) rings is 1. The van der Waals surface area contributed by atoms with Gasteiger partial charge in [-0.1, -0.05) is 5.16 Å². The standard InChI is InChI=1S/C19H25N7O5S2/c1-24-3-5-25(6-4-24)19(29)31-8-11-7-26-16(28)14(17(26)32-9-11)22-15(27)13(23-30-2)12-10-33-18(20)21-12/h7,10,14,17H,3-6,8-9H2,1-2H3,(H2,20,21)(H,22,27)/t14?,17-/m0/s1. The van der Waals surface area contributed by atoms with Crippen LogP contribution in [0, 0.1) is 0 Å². The third kappa shape index (κ3) is 5.07. The van der Waals surface area contributed by atoms with Crippen LogP contribution in [0.3, 0.4) is 0 Å². The van der Waals surface area contributed by atoms with Gasteiger partial charge in [-0.15, -0.1) is 23.1 Å². The number of fused-ring (bicyclic) bond motifs is 1. The third-order valence-corrected chi connectivity index (χ3v) is 7.48. The van der Waals surface area contributed by atoms with Gasteiger partial charge in [-0.05, 0) is 12.6 Å². The fourth-order valence-electron chi connectivity index (χ4n) is 3.57. The first kappa shape index (κ1) is 23.3. The maximum absolute atomic E-state index is 12.7. The van der Waals surface area contributed by atoms with E-state index in [4.69, 9.17) is 15.3 Å². The van der Waals surface area contributed by atoms with Crippen molar-refractivity contribution in [1.29, 1.82) is 0 Å². The Balaban J connectivity index is 1.31. The number of likely N-dealkylation sites (N-methyl/N-ethyl adjacent to an activating group) is 1. The molecule has 3 aliphatic heterocycles. The lowest BCUT2D eigenvalue weighted by Gasteiger charge is -2.47. The van der Waals surface area contributed by atoms with Crippen molar-refractivity contribution in [2.45, 2.75) is 11.4 Å². The van der Waals surface area contributed by atoms with Crippen LogP contribution in [0.2, 0.25) is 0 Å². The number of thioether (sulfide) groups is 1. The average molecular weight is 496 g/mol. The zero-order chi connectivity index (χ0) is 23.5. The fraction of sp³-hybridized carbons (Fsp3) is 0.526. The summed E-state index contributed by atoms with van der Waals surface area (Å²) in [5.74, 6) is -0.243. The lowest BCUT2D eigenvalue weighted by Crippen LogP contribution is -2.69. The summed E-state index contributed by atoms with van der Waals surface area (Å²) < 4.78 is 5.43. The molecule has 0 spiro atoms. The maximum Gasteiger partial charge on any atom is 0.410 e. The SMILES string of the molecule is CON=C(C(=O)NC1C(=O)N2C=C(COC(=O)N3CCN(C)CC3)CS[C@@H]12)c1csc(N)n1. The minimum Gasteiger partial charge on any atom is -0.445 e. The van der Waals surface area contributed by atoms with Crippen molar-refractivity contribution in [1.82, 2.24) is 25.0 Å². The summed E-state index contributed by atoms with van der Waals surface area (Å²) >= 11 is 2.66. The third-order valence-electron chi connectivity index (χ3n) is 5.43. The zero-order valence-corrected chi connectivity index (χ0v) is 19.9. The van der Waals surface area contributed by atoms with Crippen molar-refractivity contribution in [3.05, 3.63) is 22.8 Å². The number of carbonyl (C=O) groups excluding carboxylic acids is 3. The molecular formula is C19H25N7O5S2. The van der Waals surface area contributed by atoms with Gasteiger partial charge in [0.1, 0.15) is 30.8 Å². The molecule has 178 valence electrons. The van der Waals surface area contributed by atoms with Crippen LogP contribution in [0.25, 0.3) is 0 Å². The second kappa shape index (κ2) is 9.97. The van der Waals surface area contributed by atoms with Crippen LogP contribution >= 0.6 is 23.1 Å². The quantitative estimate of drug-likeness (QED) is 0.310. The molecule has 3 N–H and O–H groups in total. The predicted octanol–water partition coefficient (Wildman–Crippen LogP) is -0.256. The number of hydrogen-bond acceptors (Lipinski definition) is 11. The maximum atomic E-state index is 12.7. The van der Waals surface area contributed by atoms with Crippen LogP contribution < -0.4 is 11.1 Å². The molecule has 0 radical (unpaired) electrons. The Morgan fingerprint density at radius 1 is 1.33 bits per heavy atom. The van der Waals surface area contributed by atoms with Crippen LogP contribution in [0.5, 0.6) is 0 Å². The highest BCUT2D eigenvalue weighted by Crippen LogP contribution is 2.36. The highest BCUT2D eigenvalue weighted by Gasteiger charge is 2.50. The van der Waals surface area contributed by atoms with Gasteiger partial charge in [-0.2, -0.15) is 0 Å². The lowest BCUT2D eigenvalue weighted by molar-refractivity contribution is -0.143. The van der Waals surface area contributed by atoms with Crippen molar-refractivity contribution in [3.63, 3.8) is 0 Å². The summed E-state index contributed by atoms with van der Waals surface area (Å²) in [6.07, 6.45) is 1.36. The Morgan fingerprint density at radius 3 is 2.76 bits per heavy atom. The summed E-state index contributed by atoms with van der Waals surface area (Å²) in [7, 11) is 3.34. The van der Waals surface area contributed by atoms with Gasteiger partial charge in [-0.3, -0.25) is 9.59 Å². The largest absolute Gasteiger partial charge is 0.445 e. The Hall–Kier alpha value is -2.84. The van der Waals surface area contributed by atoms with Gasteiger partial charge in [-0.25, -0.2) is 9.78 Å². The molecule has 1 aromatic rings. The first-order valence-electron chi connectivity index (χ1n) is 10.2. The van der Waals surface area contributed by atoms with E-state index in [9.17, 15) is 14.4 Å². The van der Waals surface area contributed by atoms with Crippen molar-refractivity contribution in [2.75, 3.05) is 58.4 Å². The Bertz CT molecular complexity index is 989. The number of nitrogens with zero attached hydrogens (tertiary/aromatic N) is 5. The van der Waals surface area contributed by atoms with Crippen molar-refractivity contribution >= 4 is 51.8 Å². The second-order valence-corrected chi connectivity index (χ2v) is 9.72. The summed E-state index contributed by atoms with van der Waals surface area (Å²) in [5, 5.41) is 8.08. The van der Waals surface area contributed by atoms with Gasteiger partial charge < -0.3 is 35.3 Å². The number of nitrogens with one attached hydrogen (secondary N) is 1. The first-order chi connectivity index (χ1) is 15.9. The van der Waals surface area contributed by atoms with E-state index >= 15 is 0 Å². The molecule has 0 aromatic carbocycles. The first-order valence-corrected chi connectivity index (χ1v) is 12.2.